The number of carbonyl (C=O) groups excluding carboxylic acids is 1. The lowest BCUT2D eigenvalue weighted by atomic mass is 10.1. The number of hydrogen-bond donors (Lipinski definition) is 1. The van der Waals surface area contributed by atoms with E-state index in [2.05, 4.69) is 0 Å². The van der Waals surface area contributed by atoms with E-state index in [0.717, 1.165) is 5.39 Å². The molecule has 0 aliphatic heterocycles. The maximum Gasteiger partial charge on any atom is 0.343 e. The van der Waals surface area contributed by atoms with Crippen molar-refractivity contribution >= 4 is 27.8 Å². The lowest BCUT2D eigenvalue weighted by molar-refractivity contribution is -0.481. The minimum atomic E-state index is -0.551. The number of fused-ring (bicyclic) bond motifs is 3. The molecule has 1 fully saturated rings. The minimum Gasteiger partial charge on any atom is -0.628 e. The predicted octanol–water partition coefficient (Wildman–Crippen LogP) is 2.58. The Kier molecular flexibility index (Phi) is 3.10. The number of rotatable bonds is 4. The van der Waals surface area contributed by atoms with Crippen LogP contribution in [0.15, 0.2) is 40.8 Å². The van der Waals surface area contributed by atoms with Gasteiger partial charge in [-0.3, -0.25) is 0 Å². The molecule has 0 spiro atoms. The molecule has 1 saturated carbocycles. The van der Waals surface area contributed by atoms with Crippen LogP contribution < -0.4 is 10.2 Å². The van der Waals surface area contributed by atoms with Crippen LogP contribution in [0.25, 0.3) is 21.9 Å². The van der Waals surface area contributed by atoms with Crippen molar-refractivity contribution < 1.29 is 19.4 Å². The van der Waals surface area contributed by atoms with E-state index in [-0.39, 0.29) is 0 Å². The van der Waals surface area contributed by atoms with Crippen LogP contribution in [0, 0.1) is 11.1 Å². The average molecular weight is 297 g/mol. The van der Waals surface area contributed by atoms with Crippen LogP contribution in [0.2, 0.25) is 0 Å². The van der Waals surface area contributed by atoms with Crippen molar-refractivity contribution in [1.82, 2.24) is 0 Å². The lowest BCUT2D eigenvalue weighted by Crippen LogP contribution is -2.81. The highest BCUT2D eigenvalue weighted by atomic mass is 16.5. The first-order chi connectivity index (χ1) is 10.8. The van der Waals surface area contributed by atoms with Crippen molar-refractivity contribution in [2.75, 3.05) is 6.61 Å². The van der Waals surface area contributed by atoms with Crippen molar-refractivity contribution in [3.05, 3.63) is 47.2 Å². The fraction of sp³-hybridized carbons (Fsp3) is 0.235. The monoisotopic (exact) mass is 297 g/mol. The number of primary amides is 1. The molecule has 5 nitrogen and oxygen atoms in total. The SMILES string of the molecule is O=C([NH2+][O-])c1ccc(OCC2CC2)c2oc3ccccc3c12. The highest BCUT2D eigenvalue weighted by molar-refractivity contribution is 6.15. The number of hydroxylamine groups is 1. The van der Waals surface area contributed by atoms with Crippen molar-refractivity contribution in [2.45, 2.75) is 12.8 Å². The zero-order valence-electron chi connectivity index (χ0n) is 11.9. The highest BCUT2D eigenvalue weighted by Crippen LogP contribution is 2.38. The number of carbonyl (C=O) groups is 1. The van der Waals surface area contributed by atoms with E-state index < -0.39 is 5.91 Å². The molecular formula is C17H15NO4. The summed E-state index contributed by atoms with van der Waals surface area (Å²) in [5.74, 6) is 0.696. The molecule has 0 radical (unpaired) electrons. The summed E-state index contributed by atoms with van der Waals surface area (Å²) in [4.78, 5) is 11.9. The minimum absolute atomic E-state index is 0.335. The quantitative estimate of drug-likeness (QED) is 0.751. The fourth-order valence-electron chi connectivity index (χ4n) is 2.68. The van der Waals surface area contributed by atoms with Gasteiger partial charge >= 0.3 is 5.91 Å². The largest absolute Gasteiger partial charge is 0.628 e. The molecule has 22 heavy (non-hydrogen) atoms. The second kappa shape index (κ2) is 5.12. The van der Waals surface area contributed by atoms with E-state index in [1.165, 1.54) is 12.8 Å². The van der Waals surface area contributed by atoms with Gasteiger partial charge in [0.1, 0.15) is 5.58 Å². The molecule has 1 amide bonds. The lowest BCUT2D eigenvalue weighted by Gasteiger charge is -2.08. The molecule has 4 rings (SSSR count). The van der Waals surface area contributed by atoms with Gasteiger partial charge in [0.05, 0.1) is 12.2 Å². The Morgan fingerprint density at radius 1 is 1.27 bits per heavy atom. The Morgan fingerprint density at radius 2 is 2.09 bits per heavy atom. The van der Waals surface area contributed by atoms with Crippen LogP contribution in [0.4, 0.5) is 0 Å². The predicted molar refractivity (Wildman–Crippen MR) is 81.6 cm³/mol. The number of quaternary nitrogens is 1. The Hall–Kier alpha value is -2.37. The number of hydrogen-bond acceptors (Lipinski definition) is 4. The summed E-state index contributed by atoms with van der Waals surface area (Å²) in [5.41, 5.74) is 1.91. The van der Waals surface area contributed by atoms with Crippen molar-refractivity contribution in [1.29, 1.82) is 0 Å². The van der Waals surface area contributed by atoms with Gasteiger partial charge in [-0.1, -0.05) is 18.2 Å². The summed E-state index contributed by atoms with van der Waals surface area (Å²) in [7, 11) is 0. The Morgan fingerprint density at radius 3 is 2.86 bits per heavy atom. The number of benzene rings is 2. The van der Waals surface area contributed by atoms with Gasteiger partial charge in [-0.25, -0.2) is 4.79 Å². The van der Waals surface area contributed by atoms with Crippen molar-refractivity contribution in [3.63, 3.8) is 0 Å². The molecule has 3 aromatic rings. The third-order valence-corrected chi connectivity index (χ3v) is 4.03. The van der Waals surface area contributed by atoms with Crippen LogP contribution in [0.1, 0.15) is 23.2 Å². The van der Waals surface area contributed by atoms with Gasteiger partial charge in [0.25, 0.3) is 0 Å². The van der Waals surface area contributed by atoms with Gasteiger partial charge in [-0.2, -0.15) is 0 Å². The number of para-hydroxylation sites is 1. The molecule has 0 saturated heterocycles. The standard InChI is InChI=1S/C17H15NO4/c19-17(18-20)12-7-8-14(21-9-10-5-6-10)16-15(12)11-3-1-2-4-13(11)22-16/h1-4,7-8,10H,5-6,9,18H2. The first-order valence-electron chi connectivity index (χ1n) is 7.34. The van der Waals surface area contributed by atoms with Gasteiger partial charge in [-0.15, -0.1) is 0 Å². The van der Waals surface area contributed by atoms with Crippen LogP contribution in [0.5, 0.6) is 5.75 Å². The summed E-state index contributed by atoms with van der Waals surface area (Å²) < 4.78 is 11.7. The van der Waals surface area contributed by atoms with Gasteiger partial charge in [0.2, 0.25) is 0 Å². The summed E-state index contributed by atoms with van der Waals surface area (Å²) in [6, 6.07) is 10.8. The maximum atomic E-state index is 11.9. The van der Waals surface area contributed by atoms with Gasteiger partial charge in [0.15, 0.2) is 11.3 Å². The zero-order chi connectivity index (χ0) is 15.1. The molecule has 2 aromatic carbocycles. The van der Waals surface area contributed by atoms with Crippen LogP contribution in [0.3, 0.4) is 0 Å². The Bertz CT molecular complexity index is 864. The maximum absolute atomic E-state index is 11.9. The van der Waals surface area contributed by atoms with E-state index >= 15 is 0 Å². The molecule has 112 valence electrons. The molecule has 5 heteroatoms. The fourth-order valence-corrected chi connectivity index (χ4v) is 2.68. The Labute approximate surface area is 126 Å². The number of nitrogens with two attached hydrogens (primary N) is 1. The van der Waals surface area contributed by atoms with Crippen LogP contribution in [-0.2, 0) is 0 Å². The second-order valence-electron chi connectivity index (χ2n) is 5.65. The van der Waals surface area contributed by atoms with E-state index in [0.29, 0.717) is 45.9 Å². The van der Waals surface area contributed by atoms with Crippen molar-refractivity contribution in [2.24, 2.45) is 5.92 Å². The number of ether oxygens (including phenoxy) is 1. The first kappa shape index (κ1) is 13.3. The van der Waals surface area contributed by atoms with Gasteiger partial charge in [-0.05, 0) is 37.0 Å². The Balaban J connectivity index is 1.93. The molecule has 1 heterocycles. The van der Waals surface area contributed by atoms with E-state index in [1.54, 1.807) is 12.1 Å². The number of furan rings is 1. The summed E-state index contributed by atoms with van der Waals surface area (Å²) in [6.45, 7) is 0.660. The first-order valence-corrected chi connectivity index (χ1v) is 7.34. The third-order valence-electron chi connectivity index (χ3n) is 4.03. The number of amides is 1. The average Bonchev–Trinajstić information content (AvgIpc) is 3.30. The van der Waals surface area contributed by atoms with E-state index in [4.69, 9.17) is 9.15 Å². The molecular weight excluding hydrogens is 282 g/mol. The van der Waals surface area contributed by atoms with Gasteiger partial charge < -0.3 is 19.8 Å². The smallest absolute Gasteiger partial charge is 0.343 e. The van der Waals surface area contributed by atoms with E-state index in [9.17, 15) is 10.0 Å². The van der Waals surface area contributed by atoms with Gasteiger partial charge in [0, 0.05) is 10.8 Å². The molecule has 2 N–H and O–H groups in total. The normalized spacial score (nSPS) is 14.6. The summed E-state index contributed by atoms with van der Waals surface area (Å²) in [6.07, 6.45) is 2.40. The molecule has 0 bridgehead atoms. The molecule has 1 aromatic heterocycles. The second-order valence-corrected chi connectivity index (χ2v) is 5.65. The molecule has 0 unspecified atom stereocenters. The topological polar surface area (TPSA) is 79.1 Å². The van der Waals surface area contributed by atoms with Crippen LogP contribution in [-0.4, -0.2) is 12.5 Å². The molecule has 0 atom stereocenters. The summed E-state index contributed by atoms with van der Waals surface area (Å²) >= 11 is 0. The van der Waals surface area contributed by atoms with Crippen molar-refractivity contribution in [3.8, 4) is 5.75 Å². The summed E-state index contributed by atoms with van der Waals surface area (Å²) in [5, 5.41) is 12.4. The highest BCUT2D eigenvalue weighted by Gasteiger charge is 2.24. The molecule has 1 aliphatic rings. The molecule has 1 aliphatic carbocycles. The van der Waals surface area contributed by atoms with E-state index in [1.807, 2.05) is 24.3 Å². The third kappa shape index (κ3) is 2.15. The van der Waals surface area contributed by atoms with Crippen LogP contribution >= 0.6 is 0 Å². The zero-order valence-corrected chi connectivity index (χ0v) is 11.9.